The van der Waals surface area contributed by atoms with Crippen molar-refractivity contribution in [3.63, 3.8) is 0 Å². The van der Waals surface area contributed by atoms with Crippen molar-refractivity contribution in [2.45, 2.75) is 46.2 Å². The Morgan fingerprint density at radius 1 is 1.16 bits per heavy atom. The topological polar surface area (TPSA) is 75.7 Å². The molecule has 2 aromatic rings. The summed E-state index contributed by atoms with van der Waals surface area (Å²) in [6, 6.07) is 9.52. The molecule has 2 aromatic carbocycles. The van der Waals surface area contributed by atoms with Crippen LogP contribution in [0.25, 0.3) is 0 Å². The van der Waals surface area contributed by atoms with E-state index in [1.807, 2.05) is 26.0 Å². The van der Waals surface area contributed by atoms with Crippen molar-refractivity contribution in [2.24, 2.45) is 0 Å². The molecule has 8 heteroatoms. The predicted octanol–water partition coefficient (Wildman–Crippen LogP) is 3.91. The summed E-state index contributed by atoms with van der Waals surface area (Å²) in [6.07, 6.45) is 1.01. The fourth-order valence-electron chi connectivity index (χ4n) is 3.44. The molecule has 0 unspecified atom stereocenters. The van der Waals surface area contributed by atoms with Crippen LogP contribution in [0.5, 0.6) is 5.75 Å². The van der Waals surface area contributed by atoms with Crippen LogP contribution in [0.3, 0.4) is 0 Å². The third kappa shape index (κ3) is 6.51. The highest BCUT2D eigenvalue weighted by Gasteiger charge is 2.23. The largest absolute Gasteiger partial charge is 0.496 e. The summed E-state index contributed by atoms with van der Waals surface area (Å²) >= 11 is 0. The number of rotatable bonds is 9. The smallest absolute Gasteiger partial charge is 0.235 e. The lowest BCUT2D eigenvalue weighted by atomic mass is 9.93. The van der Waals surface area contributed by atoms with Crippen molar-refractivity contribution in [1.82, 2.24) is 9.62 Å². The van der Waals surface area contributed by atoms with Crippen molar-refractivity contribution < 1.29 is 22.3 Å². The van der Waals surface area contributed by atoms with Gasteiger partial charge in [0.05, 0.1) is 26.0 Å². The third-order valence-corrected chi connectivity index (χ3v) is 6.37. The first kappa shape index (κ1) is 24.8. The minimum Gasteiger partial charge on any atom is -0.496 e. The molecule has 0 aromatic heterocycles. The normalized spacial score (nSPS) is 12.8. The summed E-state index contributed by atoms with van der Waals surface area (Å²) in [4.78, 5) is 12.7. The molecular formula is C23H31FN2O4S. The van der Waals surface area contributed by atoms with Gasteiger partial charge in [0.15, 0.2) is 0 Å². The number of sulfonamides is 1. The third-order valence-electron chi connectivity index (χ3n) is 5.18. The molecule has 6 nitrogen and oxygen atoms in total. The zero-order chi connectivity index (χ0) is 23.3. The van der Waals surface area contributed by atoms with Crippen molar-refractivity contribution in [1.29, 1.82) is 0 Å². The van der Waals surface area contributed by atoms with Crippen LogP contribution in [0.15, 0.2) is 36.4 Å². The lowest BCUT2D eigenvalue weighted by molar-refractivity contribution is -0.122. The Balaban J connectivity index is 2.19. The molecule has 0 radical (unpaired) electrons. The minimum atomic E-state index is -3.72. The average molecular weight is 451 g/mol. The maximum absolute atomic E-state index is 14.0. The molecule has 1 atom stereocenters. The monoisotopic (exact) mass is 450 g/mol. The summed E-state index contributed by atoms with van der Waals surface area (Å²) in [5, 5.41) is 2.86. The van der Waals surface area contributed by atoms with Gasteiger partial charge in [-0.3, -0.25) is 4.79 Å². The standard InChI is InChI=1S/C23H31FN2O4S/c1-15(2)19-12-20(16(3)11-22(19)30-5)17(4)25-23(27)14-26(31(6,28)29)13-18-9-7-8-10-21(18)24/h7-12,15,17H,13-14H2,1-6H3,(H,25,27)/t17-/m1/s1. The Kier molecular flexibility index (Phi) is 8.20. The molecular weight excluding hydrogens is 419 g/mol. The molecule has 0 bridgehead atoms. The van der Waals surface area contributed by atoms with E-state index in [1.54, 1.807) is 13.2 Å². The molecule has 0 spiro atoms. The molecule has 0 saturated carbocycles. The van der Waals surface area contributed by atoms with Crippen LogP contribution >= 0.6 is 0 Å². The van der Waals surface area contributed by atoms with E-state index in [4.69, 9.17) is 4.74 Å². The van der Waals surface area contributed by atoms with Crippen LogP contribution in [0, 0.1) is 12.7 Å². The lowest BCUT2D eigenvalue weighted by Gasteiger charge is -2.23. The SMILES string of the molecule is COc1cc(C)c([C@@H](C)NC(=O)CN(Cc2ccccc2F)S(C)(=O)=O)cc1C(C)C. The van der Waals surface area contributed by atoms with Gasteiger partial charge in [-0.25, -0.2) is 12.8 Å². The van der Waals surface area contributed by atoms with Crippen molar-refractivity contribution in [3.8, 4) is 5.75 Å². The number of carbonyl (C=O) groups excluding carboxylic acids is 1. The first-order valence-corrected chi connectivity index (χ1v) is 11.9. The number of hydrogen-bond acceptors (Lipinski definition) is 4. The van der Waals surface area contributed by atoms with Crippen LogP contribution < -0.4 is 10.1 Å². The van der Waals surface area contributed by atoms with E-state index in [0.29, 0.717) is 0 Å². The molecule has 0 heterocycles. The van der Waals surface area contributed by atoms with E-state index in [-0.39, 0.29) is 24.1 Å². The summed E-state index contributed by atoms with van der Waals surface area (Å²) < 4.78 is 44.8. The number of halogens is 1. The number of methoxy groups -OCH3 is 1. The van der Waals surface area contributed by atoms with Crippen LogP contribution in [0.2, 0.25) is 0 Å². The molecule has 31 heavy (non-hydrogen) atoms. The van der Waals surface area contributed by atoms with Crippen molar-refractivity contribution in [2.75, 3.05) is 19.9 Å². The number of carbonyl (C=O) groups is 1. The minimum absolute atomic E-state index is 0.210. The van der Waals surface area contributed by atoms with Gasteiger partial charge in [-0.1, -0.05) is 32.0 Å². The summed E-state index contributed by atoms with van der Waals surface area (Å²) in [5.74, 6) is 0.0530. The number of benzene rings is 2. The highest BCUT2D eigenvalue weighted by atomic mass is 32.2. The first-order valence-electron chi connectivity index (χ1n) is 10.1. The fraction of sp³-hybridized carbons (Fsp3) is 0.435. The van der Waals surface area contributed by atoms with E-state index in [9.17, 15) is 17.6 Å². The number of amides is 1. The average Bonchev–Trinajstić information content (AvgIpc) is 2.67. The van der Waals surface area contributed by atoms with E-state index >= 15 is 0 Å². The van der Waals surface area contributed by atoms with Crippen LogP contribution in [-0.2, 0) is 21.4 Å². The van der Waals surface area contributed by atoms with Gasteiger partial charge in [0.1, 0.15) is 11.6 Å². The molecule has 1 amide bonds. The Labute approximate surface area is 184 Å². The van der Waals surface area contributed by atoms with E-state index in [0.717, 1.165) is 33.0 Å². The molecule has 0 aliphatic carbocycles. The van der Waals surface area contributed by atoms with Gasteiger partial charge in [-0.2, -0.15) is 4.31 Å². The van der Waals surface area contributed by atoms with Crippen LogP contribution in [-0.4, -0.2) is 38.5 Å². The van der Waals surface area contributed by atoms with Gasteiger partial charge in [-0.15, -0.1) is 0 Å². The molecule has 0 aliphatic rings. The number of aryl methyl sites for hydroxylation is 1. The Morgan fingerprint density at radius 2 is 1.81 bits per heavy atom. The maximum atomic E-state index is 14.0. The second kappa shape index (κ2) is 10.2. The first-order chi connectivity index (χ1) is 14.4. The zero-order valence-electron chi connectivity index (χ0n) is 18.9. The summed E-state index contributed by atoms with van der Waals surface area (Å²) in [5.41, 5.74) is 3.13. The highest BCUT2D eigenvalue weighted by Crippen LogP contribution is 2.32. The van der Waals surface area contributed by atoms with Gasteiger partial charge < -0.3 is 10.1 Å². The summed E-state index contributed by atoms with van der Waals surface area (Å²) in [6.45, 7) is 7.29. The van der Waals surface area contributed by atoms with Gasteiger partial charge in [0.2, 0.25) is 15.9 Å². The van der Waals surface area contributed by atoms with Gasteiger partial charge >= 0.3 is 0 Å². The second-order valence-electron chi connectivity index (χ2n) is 8.02. The van der Waals surface area contributed by atoms with E-state index < -0.39 is 28.3 Å². The fourth-order valence-corrected chi connectivity index (χ4v) is 4.17. The predicted molar refractivity (Wildman–Crippen MR) is 120 cm³/mol. The number of hydrogen-bond donors (Lipinski definition) is 1. The van der Waals surface area contributed by atoms with Gasteiger partial charge in [0.25, 0.3) is 0 Å². The second-order valence-corrected chi connectivity index (χ2v) is 10.00. The summed E-state index contributed by atoms with van der Waals surface area (Å²) in [7, 11) is -2.10. The van der Waals surface area contributed by atoms with Crippen LogP contribution in [0.4, 0.5) is 4.39 Å². The Morgan fingerprint density at radius 3 is 2.35 bits per heavy atom. The van der Waals surface area contributed by atoms with E-state index in [1.165, 1.54) is 18.2 Å². The molecule has 0 aliphatic heterocycles. The zero-order valence-corrected chi connectivity index (χ0v) is 19.7. The van der Waals surface area contributed by atoms with E-state index in [2.05, 4.69) is 19.2 Å². The highest BCUT2D eigenvalue weighted by molar-refractivity contribution is 7.88. The maximum Gasteiger partial charge on any atom is 0.235 e. The number of nitrogens with one attached hydrogen (secondary N) is 1. The van der Waals surface area contributed by atoms with Crippen molar-refractivity contribution >= 4 is 15.9 Å². The van der Waals surface area contributed by atoms with Gasteiger partial charge in [-0.05, 0) is 54.7 Å². The number of nitrogens with zero attached hydrogens (tertiary/aromatic N) is 1. The van der Waals surface area contributed by atoms with Gasteiger partial charge in [0, 0.05) is 12.1 Å². The lowest BCUT2D eigenvalue weighted by Crippen LogP contribution is -2.40. The molecule has 1 N–H and O–H groups in total. The van der Waals surface area contributed by atoms with Crippen molar-refractivity contribution in [3.05, 3.63) is 64.5 Å². The Bertz CT molecular complexity index is 1040. The Hall–Kier alpha value is -2.45. The molecule has 0 fully saturated rings. The molecule has 2 rings (SSSR count). The van der Waals surface area contributed by atoms with Crippen LogP contribution in [0.1, 0.15) is 55.0 Å². The quantitative estimate of drug-likeness (QED) is 0.629. The molecule has 170 valence electrons. The molecule has 0 saturated heterocycles. The number of ether oxygens (including phenoxy) is 1.